The molecule has 0 spiro atoms. The maximum atomic E-state index is 12.4. The first-order valence-corrected chi connectivity index (χ1v) is 8.44. The Bertz CT molecular complexity index is 792. The molecule has 5 nitrogen and oxygen atoms in total. The summed E-state index contributed by atoms with van der Waals surface area (Å²) < 4.78 is 11.3. The monoisotopic (exact) mass is 360 g/mol. The highest BCUT2D eigenvalue weighted by Gasteiger charge is 2.34. The molecule has 2 amide bonds. The van der Waals surface area contributed by atoms with Crippen molar-refractivity contribution in [3.8, 4) is 11.5 Å². The van der Waals surface area contributed by atoms with E-state index in [9.17, 15) is 4.79 Å². The van der Waals surface area contributed by atoms with Crippen molar-refractivity contribution >= 4 is 23.3 Å². The van der Waals surface area contributed by atoms with Crippen LogP contribution in [0.1, 0.15) is 31.9 Å². The average Bonchev–Trinajstić information content (AvgIpc) is 2.53. The summed E-state index contributed by atoms with van der Waals surface area (Å²) in [4.78, 5) is 12.4. The lowest BCUT2D eigenvalue weighted by atomic mass is 9.89. The second-order valence-electron chi connectivity index (χ2n) is 6.63. The molecule has 1 aliphatic heterocycles. The zero-order chi connectivity index (χ0) is 18.0. The normalized spacial score (nSPS) is 17.8. The number of benzene rings is 2. The van der Waals surface area contributed by atoms with Crippen LogP contribution in [-0.4, -0.2) is 18.7 Å². The van der Waals surface area contributed by atoms with Crippen molar-refractivity contribution in [3.63, 3.8) is 0 Å². The van der Waals surface area contributed by atoms with Crippen molar-refractivity contribution in [2.45, 2.75) is 31.9 Å². The third-order valence-electron chi connectivity index (χ3n) is 4.07. The average molecular weight is 361 g/mol. The number of amides is 2. The first-order chi connectivity index (χ1) is 11.9. The van der Waals surface area contributed by atoms with E-state index in [4.69, 9.17) is 21.1 Å². The largest absolute Gasteiger partial charge is 0.497 e. The summed E-state index contributed by atoms with van der Waals surface area (Å²) >= 11 is 5.95. The van der Waals surface area contributed by atoms with Gasteiger partial charge in [-0.15, -0.1) is 0 Å². The molecule has 2 aromatic carbocycles. The van der Waals surface area contributed by atoms with Crippen molar-refractivity contribution in [3.05, 3.63) is 53.1 Å². The van der Waals surface area contributed by atoms with Crippen LogP contribution in [0.5, 0.6) is 11.5 Å². The van der Waals surface area contributed by atoms with E-state index in [0.29, 0.717) is 17.1 Å². The number of fused-ring (bicyclic) bond motifs is 1. The molecule has 2 aromatic rings. The number of ether oxygens (including phenoxy) is 2. The highest BCUT2D eigenvalue weighted by atomic mass is 35.5. The Hall–Kier alpha value is -2.40. The van der Waals surface area contributed by atoms with Gasteiger partial charge >= 0.3 is 6.03 Å². The van der Waals surface area contributed by atoms with Crippen LogP contribution >= 0.6 is 11.6 Å². The number of urea groups is 1. The summed E-state index contributed by atoms with van der Waals surface area (Å²) in [6.45, 7) is 4.00. The zero-order valence-electron chi connectivity index (χ0n) is 14.4. The molecule has 0 saturated carbocycles. The van der Waals surface area contributed by atoms with Gasteiger partial charge in [0.1, 0.15) is 17.1 Å². The Morgan fingerprint density at radius 2 is 2.08 bits per heavy atom. The van der Waals surface area contributed by atoms with Gasteiger partial charge in [-0.2, -0.15) is 0 Å². The molecule has 0 fully saturated rings. The predicted octanol–water partition coefficient (Wildman–Crippen LogP) is 4.77. The van der Waals surface area contributed by atoms with Crippen LogP contribution in [0.2, 0.25) is 5.02 Å². The van der Waals surface area contributed by atoms with Gasteiger partial charge in [-0.1, -0.05) is 17.7 Å². The molecular formula is C19H21ClN2O3. The highest BCUT2D eigenvalue weighted by molar-refractivity contribution is 6.30. The topological polar surface area (TPSA) is 59.6 Å². The van der Waals surface area contributed by atoms with Gasteiger partial charge in [-0.25, -0.2) is 4.79 Å². The lowest BCUT2D eigenvalue weighted by molar-refractivity contribution is 0.0679. The first kappa shape index (κ1) is 17.4. The van der Waals surface area contributed by atoms with E-state index in [-0.39, 0.29) is 12.1 Å². The third-order valence-corrected chi connectivity index (χ3v) is 4.30. The SMILES string of the molecule is COc1ccc2c(c1)OC(C)(C)C[C@H]2NC(=O)Nc1cccc(Cl)c1. The molecule has 3 rings (SSSR count). The fraction of sp³-hybridized carbons (Fsp3) is 0.316. The Kier molecular flexibility index (Phi) is 4.77. The van der Waals surface area contributed by atoms with Crippen LogP contribution in [0.25, 0.3) is 0 Å². The van der Waals surface area contributed by atoms with Crippen LogP contribution in [-0.2, 0) is 0 Å². The van der Waals surface area contributed by atoms with E-state index >= 15 is 0 Å². The molecule has 1 atom stereocenters. The van der Waals surface area contributed by atoms with E-state index in [1.807, 2.05) is 32.0 Å². The number of hydrogen-bond acceptors (Lipinski definition) is 3. The first-order valence-electron chi connectivity index (χ1n) is 8.06. The smallest absolute Gasteiger partial charge is 0.319 e. The molecule has 1 heterocycles. The maximum absolute atomic E-state index is 12.4. The van der Waals surface area contributed by atoms with Gasteiger partial charge in [0.2, 0.25) is 0 Å². The molecule has 0 aromatic heterocycles. The molecule has 25 heavy (non-hydrogen) atoms. The number of rotatable bonds is 3. The summed E-state index contributed by atoms with van der Waals surface area (Å²) in [5.41, 5.74) is 1.18. The summed E-state index contributed by atoms with van der Waals surface area (Å²) in [6.07, 6.45) is 0.662. The number of anilines is 1. The molecule has 0 radical (unpaired) electrons. The van der Waals surface area contributed by atoms with E-state index in [1.165, 1.54) is 0 Å². The molecule has 0 saturated heterocycles. The second-order valence-corrected chi connectivity index (χ2v) is 7.07. The van der Waals surface area contributed by atoms with Crippen molar-refractivity contribution in [1.29, 1.82) is 0 Å². The van der Waals surface area contributed by atoms with Crippen molar-refractivity contribution in [2.75, 3.05) is 12.4 Å². The number of carbonyl (C=O) groups is 1. The van der Waals surface area contributed by atoms with Gasteiger partial charge < -0.3 is 20.1 Å². The van der Waals surface area contributed by atoms with Crippen LogP contribution in [0.15, 0.2) is 42.5 Å². The maximum Gasteiger partial charge on any atom is 0.319 e. The minimum absolute atomic E-state index is 0.163. The summed E-state index contributed by atoms with van der Waals surface area (Å²) in [5.74, 6) is 1.45. The summed E-state index contributed by atoms with van der Waals surface area (Å²) in [5, 5.41) is 6.40. The predicted molar refractivity (Wildman–Crippen MR) is 98.7 cm³/mol. The van der Waals surface area contributed by atoms with Gasteiger partial charge in [-0.3, -0.25) is 0 Å². The fourth-order valence-corrected chi connectivity index (χ4v) is 3.17. The number of nitrogens with one attached hydrogen (secondary N) is 2. The minimum Gasteiger partial charge on any atom is -0.497 e. The summed E-state index contributed by atoms with van der Waals surface area (Å²) in [6, 6.07) is 12.2. The zero-order valence-corrected chi connectivity index (χ0v) is 15.2. The third kappa shape index (κ3) is 4.17. The van der Waals surface area contributed by atoms with Crippen molar-refractivity contribution < 1.29 is 14.3 Å². The Morgan fingerprint density at radius 3 is 2.80 bits per heavy atom. The van der Waals surface area contributed by atoms with Gasteiger partial charge in [0.05, 0.1) is 13.2 Å². The van der Waals surface area contributed by atoms with Crippen molar-refractivity contribution in [2.24, 2.45) is 0 Å². The number of hydrogen-bond donors (Lipinski definition) is 2. The number of carbonyl (C=O) groups excluding carboxylic acids is 1. The highest BCUT2D eigenvalue weighted by Crippen LogP contribution is 2.41. The van der Waals surface area contributed by atoms with Gasteiger partial charge in [-0.05, 0) is 44.2 Å². The van der Waals surface area contributed by atoms with E-state index in [1.54, 1.807) is 31.4 Å². The van der Waals surface area contributed by atoms with Crippen molar-refractivity contribution in [1.82, 2.24) is 5.32 Å². The van der Waals surface area contributed by atoms with E-state index in [0.717, 1.165) is 17.1 Å². The van der Waals surface area contributed by atoms with Crippen LogP contribution in [0, 0.1) is 0 Å². The molecule has 132 valence electrons. The fourth-order valence-electron chi connectivity index (χ4n) is 2.98. The molecule has 1 aliphatic rings. The standard InChI is InChI=1S/C19H21ClN2O3/c1-19(2)11-16(15-8-7-14(24-3)10-17(15)25-19)22-18(23)21-13-6-4-5-12(20)9-13/h4-10,16H,11H2,1-3H3,(H2,21,22,23)/t16-/m1/s1. The minimum atomic E-state index is -0.395. The van der Waals surface area contributed by atoms with Crippen LogP contribution in [0.4, 0.5) is 10.5 Å². The van der Waals surface area contributed by atoms with E-state index < -0.39 is 5.60 Å². The van der Waals surface area contributed by atoms with Gasteiger partial charge in [0, 0.05) is 28.8 Å². The van der Waals surface area contributed by atoms with Gasteiger partial charge in [0.25, 0.3) is 0 Å². The number of methoxy groups -OCH3 is 1. The molecule has 0 aliphatic carbocycles. The van der Waals surface area contributed by atoms with Crippen LogP contribution < -0.4 is 20.1 Å². The Balaban J connectivity index is 1.79. The number of halogens is 1. The molecule has 6 heteroatoms. The Labute approximate surface area is 152 Å². The van der Waals surface area contributed by atoms with E-state index in [2.05, 4.69) is 10.6 Å². The summed E-state index contributed by atoms with van der Waals surface area (Å²) in [7, 11) is 1.61. The molecule has 0 bridgehead atoms. The molecule has 0 unspecified atom stereocenters. The van der Waals surface area contributed by atoms with Crippen LogP contribution in [0.3, 0.4) is 0 Å². The molecular weight excluding hydrogens is 340 g/mol. The van der Waals surface area contributed by atoms with Gasteiger partial charge in [0.15, 0.2) is 0 Å². The molecule has 2 N–H and O–H groups in total. The Morgan fingerprint density at radius 1 is 1.28 bits per heavy atom. The quantitative estimate of drug-likeness (QED) is 0.828. The lowest BCUT2D eigenvalue weighted by Gasteiger charge is -2.38. The lowest BCUT2D eigenvalue weighted by Crippen LogP contribution is -2.42. The second kappa shape index (κ2) is 6.84.